The molecule has 4 heteroatoms. The average Bonchev–Trinajstić information content (AvgIpc) is 2.71. The first kappa shape index (κ1) is 13.3. The summed E-state index contributed by atoms with van der Waals surface area (Å²) in [5.41, 5.74) is 1.54. The van der Waals surface area contributed by atoms with Gasteiger partial charge in [-0.2, -0.15) is 0 Å². The molecule has 1 aromatic rings. The summed E-state index contributed by atoms with van der Waals surface area (Å²) in [5.74, 6) is -0.00134. The Kier molecular flexibility index (Phi) is 4.00. The van der Waals surface area contributed by atoms with E-state index in [0.29, 0.717) is 12.1 Å². The van der Waals surface area contributed by atoms with E-state index < -0.39 is 6.09 Å². The minimum Gasteiger partial charge on any atom is -0.442 e. The van der Waals surface area contributed by atoms with Gasteiger partial charge in [0.25, 0.3) is 0 Å². The molecule has 4 nitrogen and oxygen atoms in total. The fourth-order valence-electron chi connectivity index (χ4n) is 1.93. The number of nitrogens with zero attached hydrogens (tertiary/aromatic N) is 1. The summed E-state index contributed by atoms with van der Waals surface area (Å²) in [7, 11) is 0. The van der Waals surface area contributed by atoms with Crippen molar-refractivity contribution in [3.8, 4) is 0 Å². The Morgan fingerprint density at radius 1 is 1.37 bits per heavy atom. The van der Waals surface area contributed by atoms with Crippen LogP contribution in [0.5, 0.6) is 0 Å². The van der Waals surface area contributed by atoms with Crippen molar-refractivity contribution in [1.29, 1.82) is 0 Å². The highest BCUT2D eigenvalue weighted by atomic mass is 16.6. The zero-order valence-corrected chi connectivity index (χ0v) is 11.1. The lowest BCUT2D eigenvalue weighted by Crippen LogP contribution is -2.31. The van der Waals surface area contributed by atoms with Crippen LogP contribution in [0.2, 0.25) is 0 Å². The summed E-state index contributed by atoms with van der Waals surface area (Å²) in [4.78, 5) is 24.8. The van der Waals surface area contributed by atoms with E-state index in [2.05, 4.69) is 0 Å². The van der Waals surface area contributed by atoms with Crippen molar-refractivity contribution in [2.24, 2.45) is 5.92 Å². The number of hydrogen-bond donors (Lipinski definition) is 0. The fourth-order valence-corrected chi connectivity index (χ4v) is 1.93. The molecule has 1 aliphatic rings. The topological polar surface area (TPSA) is 46.6 Å². The fraction of sp³-hybridized carbons (Fsp3) is 0.333. The highest BCUT2D eigenvalue weighted by Gasteiger charge is 2.33. The van der Waals surface area contributed by atoms with Crippen LogP contribution < -0.4 is 0 Å². The number of carbonyl (C=O) groups excluding carboxylic acids is 2. The predicted octanol–water partition coefficient (Wildman–Crippen LogP) is 3.05. The Morgan fingerprint density at radius 3 is 2.68 bits per heavy atom. The standard InChI is InChI=1S/C15H17NO3/c1-11(2)8-14(17)16-13(10-19-15(16)18)9-12-6-4-3-5-7-12/h3-7,9,11H,8,10H2,1-2H3/b13-9+. The van der Waals surface area contributed by atoms with Gasteiger partial charge in [-0.3, -0.25) is 4.79 Å². The maximum Gasteiger partial charge on any atom is 0.421 e. The van der Waals surface area contributed by atoms with Gasteiger partial charge in [-0.1, -0.05) is 44.2 Å². The Morgan fingerprint density at radius 2 is 2.05 bits per heavy atom. The number of hydrogen-bond acceptors (Lipinski definition) is 3. The highest BCUT2D eigenvalue weighted by molar-refractivity contribution is 5.96. The van der Waals surface area contributed by atoms with Gasteiger partial charge in [-0.25, -0.2) is 9.69 Å². The molecule has 2 amide bonds. The summed E-state index contributed by atoms with van der Waals surface area (Å²) in [5, 5.41) is 0. The molecule has 0 spiro atoms. The molecule has 0 bridgehead atoms. The molecule has 0 atom stereocenters. The normalized spacial score (nSPS) is 17.1. The van der Waals surface area contributed by atoms with Crippen molar-refractivity contribution in [3.05, 3.63) is 41.6 Å². The summed E-state index contributed by atoms with van der Waals surface area (Å²) >= 11 is 0. The lowest BCUT2D eigenvalue weighted by molar-refractivity contribution is -0.127. The van der Waals surface area contributed by atoms with Crippen LogP contribution in [0.3, 0.4) is 0 Å². The molecule has 0 unspecified atom stereocenters. The molecular weight excluding hydrogens is 242 g/mol. The van der Waals surface area contributed by atoms with Gasteiger partial charge in [0, 0.05) is 6.42 Å². The van der Waals surface area contributed by atoms with Gasteiger partial charge in [0.05, 0.1) is 5.70 Å². The zero-order valence-electron chi connectivity index (χ0n) is 11.1. The second-order valence-electron chi connectivity index (χ2n) is 4.93. The number of imide groups is 1. The Labute approximate surface area is 112 Å². The van der Waals surface area contributed by atoms with Gasteiger partial charge in [-0.15, -0.1) is 0 Å². The first-order valence-electron chi connectivity index (χ1n) is 6.33. The second kappa shape index (κ2) is 5.69. The van der Waals surface area contributed by atoms with Gasteiger partial charge in [-0.05, 0) is 17.6 Å². The van der Waals surface area contributed by atoms with Gasteiger partial charge in [0.2, 0.25) is 5.91 Å². The Hall–Kier alpha value is -2.10. The molecule has 1 aliphatic heterocycles. The highest BCUT2D eigenvalue weighted by Crippen LogP contribution is 2.21. The average molecular weight is 259 g/mol. The van der Waals surface area contributed by atoms with Crippen LogP contribution in [-0.4, -0.2) is 23.5 Å². The summed E-state index contributed by atoms with van der Waals surface area (Å²) in [6, 6.07) is 9.57. The van der Waals surface area contributed by atoms with Crippen molar-refractivity contribution in [3.63, 3.8) is 0 Å². The smallest absolute Gasteiger partial charge is 0.421 e. The Balaban J connectivity index is 2.22. The molecule has 1 heterocycles. The molecule has 0 saturated carbocycles. The van der Waals surface area contributed by atoms with E-state index in [1.165, 1.54) is 0 Å². The van der Waals surface area contributed by atoms with Crippen LogP contribution >= 0.6 is 0 Å². The minimum absolute atomic E-state index is 0.150. The van der Waals surface area contributed by atoms with Crippen molar-refractivity contribution >= 4 is 18.1 Å². The number of amides is 2. The number of ether oxygens (including phenoxy) is 1. The van der Waals surface area contributed by atoms with Crippen molar-refractivity contribution in [2.75, 3.05) is 6.61 Å². The number of benzene rings is 1. The molecule has 0 aliphatic carbocycles. The quantitative estimate of drug-likeness (QED) is 0.838. The van der Waals surface area contributed by atoms with Crippen LogP contribution in [0.25, 0.3) is 6.08 Å². The van der Waals surface area contributed by atoms with E-state index in [-0.39, 0.29) is 18.4 Å². The van der Waals surface area contributed by atoms with E-state index in [9.17, 15) is 9.59 Å². The molecule has 100 valence electrons. The van der Waals surface area contributed by atoms with Gasteiger partial charge < -0.3 is 4.74 Å². The van der Waals surface area contributed by atoms with E-state index in [0.717, 1.165) is 10.5 Å². The van der Waals surface area contributed by atoms with Gasteiger partial charge >= 0.3 is 6.09 Å². The molecule has 1 aromatic carbocycles. The van der Waals surface area contributed by atoms with Crippen LogP contribution in [0.4, 0.5) is 4.79 Å². The van der Waals surface area contributed by atoms with Gasteiger partial charge in [0.1, 0.15) is 6.61 Å². The largest absolute Gasteiger partial charge is 0.442 e. The lowest BCUT2D eigenvalue weighted by Gasteiger charge is -2.14. The van der Waals surface area contributed by atoms with E-state index >= 15 is 0 Å². The van der Waals surface area contributed by atoms with Crippen molar-refractivity contribution in [2.45, 2.75) is 20.3 Å². The number of cyclic esters (lactones) is 1. The monoisotopic (exact) mass is 259 g/mol. The van der Waals surface area contributed by atoms with E-state index in [1.54, 1.807) is 0 Å². The lowest BCUT2D eigenvalue weighted by atomic mass is 10.1. The number of rotatable bonds is 3. The second-order valence-corrected chi connectivity index (χ2v) is 4.93. The first-order valence-corrected chi connectivity index (χ1v) is 6.33. The molecule has 1 saturated heterocycles. The molecule has 0 radical (unpaired) electrons. The third-order valence-corrected chi connectivity index (χ3v) is 2.78. The molecule has 0 N–H and O–H groups in total. The molecule has 0 aromatic heterocycles. The molecule has 2 rings (SSSR count). The van der Waals surface area contributed by atoms with Crippen LogP contribution in [0.1, 0.15) is 25.8 Å². The summed E-state index contributed by atoms with van der Waals surface area (Å²) in [6.07, 6.45) is 1.57. The first-order chi connectivity index (χ1) is 9.08. The van der Waals surface area contributed by atoms with Crippen LogP contribution in [0, 0.1) is 5.92 Å². The summed E-state index contributed by atoms with van der Waals surface area (Å²) < 4.78 is 4.95. The Bertz CT molecular complexity index is 505. The summed E-state index contributed by atoms with van der Waals surface area (Å²) in [6.45, 7) is 4.04. The van der Waals surface area contributed by atoms with Gasteiger partial charge in [0.15, 0.2) is 0 Å². The van der Waals surface area contributed by atoms with Crippen molar-refractivity contribution < 1.29 is 14.3 Å². The number of carbonyl (C=O) groups is 2. The van der Waals surface area contributed by atoms with E-state index in [1.807, 2.05) is 50.3 Å². The predicted molar refractivity (Wildman–Crippen MR) is 72.1 cm³/mol. The van der Waals surface area contributed by atoms with Crippen LogP contribution in [-0.2, 0) is 9.53 Å². The van der Waals surface area contributed by atoms with Crippen molar-refractivity contribution in [1.82, 2.24) is 4.90 Å². The minimum atomic E-state index is -0.576. The SMILES string of the molecule is CC(C)CC(=O)N1C(=O)OC/C1=C\c1ccccc1. The maximum atomic E-state index is 12.1. The van der Waals surface area contributed by atoms with E-state index in [4.69, 9.17) is 4.74 Å². The molecule has 1 fully saturated rings. The zero-order chi connectivity index (χ0) is 13.8. The maximum absolute atomic E-state index is 12.1. The third kappa shape index (κ3) is 3.22. The third-order valence-electron chi connectivity index (χ3n) is 2.78. The van der Waals surface area contributed by atoms with Crippen LogP contribution in [0.15, 0.2) is 36.0 Å². The molecular formula is C15H17NO3. The molecule has 19 heavy (non-hydrogen) atoms.